The van der Waals surface area contributed by atoms with Gasteiger partial charge in [-0.3, -0.25) is 4.98 Å². The number of hydrogen-bond acceptors (Lipinski definition) is 4. The van der Waals surface area contributed by atoms with Crippen LogP contribution in [0.4, 0.5) is 5.69 Å². The van der Waals surface area contributed by atoms with Crippen molar-refractivity contribution >= 4 is 17.2 Å². The van der Waals surface area contributed by atoms with Crippen LogP contribution in [0.5, 0.6) is 0 Å². The second-order valence-electron chi connectivity index (χ2n) is 5.94. The van der Waals surface area contributed by atoms with Gasteiger partial charge in [-0.25, -0.2) is 4.79 Å². The van der Waals surface area contributed by atoms with Gasteiger partial charge < -0.3 is 10.4 Å². The molecule has 130 valence electrons. The molecule has 7 heteroatoms. The molecule has 0 amide bonds. The van der Waals surface area contributed by atoms with Crippen LogP contribution in [0.2, 0.25) is 0 Å². The van der Waals surface area contributed by atoms with Crippen LogP contribution >= 0.6 is 0 Å². The SMILES string of the molecule is CC1=C(C(=O)O)C(c2cccc(N=[N+]=[N-])c2)C(c2ccccn2)=C(C)N1. The van der Waals surface area contributed by atoms with Crippen LogP contribution in [0.15, 0.2) is 70.7 Å². The summed E-state index contributed by atoms with van der Waals surface area (Å²) in [5, 5.41) is 16.6. The molecule has 0 spiro atoms. The molecule has 1 aliphatic rings. The summed E-state index contributed by atoms with van der Waals surface area (Å²) >= 11 is 0. The molecule has 3 rings (SSSR count). The van der Waals surface area contributed by atoms with E-state index >= 15 is 0 Å². The lowest BCUT2D eigenvalue weighted by atomic mass is 9.79. The van der Waals surface area contributed by atoms with Gasteiger partial charge in [0.15, 0.2) is 0 Å². The van der Waals surface area contributed by atoms with Crippen LogP contribution in [-0.4, -0.2) is 16.1 Å². The maximum absolute atomic E-state index is 12.0. The van der Waals surface area contributed by atoms with Crippen molar-refractivity contribution in [1.82, 2.24) is 10.3 Å². The van der Waals surface area contributed by atoms with Crippen LogP contribution in [0.25, 0.3) is 16.0 Å². The van der Waals surface area contributed by atoms with Gasteiger partial charge in [-0.15, -0.1) is 0 Å². The summed E-state index contributed by atoms with van der Waals surface area (Å²) in [4.78, 5) is 19.2. The molecule has 2 heterocycles. The minimum absolute atomic E-state index is 0.245. The van der Waals surface area contributed by atoms with Gasteiger partial charge in [0.05, 0.1) is 11.3 Å². The maximum Gasteiger partial charge on any atom is 0.334 e. The fourth-order valence-corrected chi connectivity index (χ4v) is 3.29. The average Bonchev–Trinajstić information content (AvgIpc) is 2.62. The largest absolute Gasteiger partial charge is 0.478 e. The molecule has 0 saturated heterocycles. The first-order valence-corrected chi connectivity index (χ1v) is 8.01. The third-order valence-electron chi connectivity index (χ3n) is 4.30. The first-order chi connectivity index (χ1) is 12.5. The normalized spacial score (nSPS) is 16.8. The topological polar surface area (TPSA) is 111 Å². The van der Waals surface area contributed by atoms with Crippen LogP contribution in [0.3, 0.4) is 0 Å². The van der Waals surface area contributed by atoms with Crippen LogP contribution in [0, 0.1) is 0 Å². The third kappa shape index (κ3) is 3.16. The van der Waals surface area contributed by atoms with E-state index in [0.717, 1.165) is 16.8 Å². The molecule has 0 fully saturated rings. The van der Waals surface area contributed by atoms with Crippen molar-refractivity contribution in [1.29, 1.82) is 0 Å². The van der Waals surface area contributed by atoms with Gasteiger partial charge in [-0.1, -0.05) is 29.4 Å². The maximum atomic E-state index is 12.0. The Hall–Kier alpha value is -3.57. The van der Waals surface area contributed by atoms with E-state index in [4.69, 9.17) is 5.53 Å². The van der Waals surface area contributed by atoms with E-state index in [1.54, 1.807) is 31.3 Å². The molecule has 7 nitrogen and oxygen atoms in total. The Kier molecular flexibility index (Phi) is 4.73. The number of pyridine rings is 1. The minimum atomic E-state index is -1.00. The van der Waals surface area contributed by atoms with Crippen molar-refractivity contribution in [2.45, 2.75) is 19.8 Å². The summed E-state index contributed by atoms with van der Waals surface area (Å²) in [6, 6.07) is 12.5. The number of aromatic nitrogens is 1. The first kappa shape index (κ1) is 17.3. The standard InChI is InChI=1S/C19H17N5O2/c1-11-16(15-8-3-4-9-21-15)18(17(19(25)26)12(2)22-11)13-6-5-7-14(10-13)23-24-20/h3-10,18,22H,1-2H3,(H,25,26). The second kappa shape index (κ2) is 7.13. The molecule has 0 aliphatic carbocycles. The molecule has 0 bridgehead atoms. The lowest BCUT2D eigenvalue weighted by Gasteiger charge is -2.30. The highest BCUT2D eigenvalue weighted by Gasteiger charge is 2.34. The number of hydrogen-bond donors (Lipinski definition) is 2. The number of allylic oxidation sites excluding steroid dienone is 3. The van der Waals surface area contributed by atoms with Crippen LogP contribution in [0.1, 0.15) is 31.0 Å². The van der Waals surface area contributed by atoms with Gasteiger partial charge in [0.25, 0.3) is 0 Å². The zero-order valence-corrected chi connectivity index (χ0v) is 14.3. The molecule has 1 unspecified atom stereocenters. The number of nitrogens with zero attached hydrogens (tertiary/aromatic N) is 4. The summed E-state index contributed by atoms with van der Waals surface area (Å²) in [5.41, 5.74) is 13.0. The molecule has 26 heavy (non-hydrogen) atoms. The van der Waals surface area contributed by atoms with Crippen LogP contribution < -0.4 is 5.32 Å². The quantitative estimate of drug-likeness (QED) is 0.482. The Morgan fingerprint density at radius 2 is 2.04 bits per heavy atom. The Morgan fingerprint density at radius 1 is 1.23 bits per heavy atom. The number of dihydropyridines is 1. The summed E-state index contributed by atoms with van der Waals surface area (Å²) in [7, 11) is 0. The van der Waals surface area contributed by atoms with Gasteiger partial charge >= 0.3 is 5.97 Å². The lowest BCUT2D eigenvalue weighted by molar-refractivity contribution is -0.132. The highest BCUT2D eigenvalue weighted by atomic mass is 16.4. The van der Waals surface area contributed by atoms with E-state index in [2.05, 4.69) is 20.3 Å². The molecule has 1 aromatic carbocycles. The van der Waals surface area contributed by atoms with Gasteiger partial charge in [0, 0.05) is 39.7 Å². The number of rotatable bonds is 4. The molecule has 2 N–H and O–H groups in total. The summed E-state index contributed by atoms with van der Waals surface area (Å²) in [5.74, 6) is -1.53. The van der Waals surface area contributed by atoms with E-state index in [1.165, 1.54) is 0 Å². The van der Waals surface area contributed by atoms with Crippen molar-refractivity contribution in [2.75, 3.05) is 0 Å². The molecular formula is C19H17N5O2. The number of azide groups is 1. The predicted octanol–water partition coefficient (Wildman–Crippen LogP) is 4.50. The van der Waals surface area contributed by atoms with Crippen molar-refractivity contribution in [3.8, 4) is 0 Å². The zero-order valence-electron chi connectivity index (χ0n) is 14.3. The van der Waals surface area contributed by atoms with Gasteiger partial charge in [0.2, 0.25) is 0 Å². The Bertz CT molecular complexity index is 972. The number of carboxylic acids is 1. The van der Waals surface area contributed by atoms with E-state index in [0.29, 0.717) is 17.1 Å². The minimum Gasteiger partial charge on any atom is -0.478 e. The predicted molar refractivity (Wildman–Crippen MR) is 98.3 cm³/mol. The Morgan fingerprint density at radius 3 is 2.69 bits per heavy atom. The van der Waals surface area contributed by atoms with E-state index in [9.17, 15) is 9.90 Å². The van der Waals surface area contributed by atoms with E-state index in [-0.39, 0.29) is 5.57 Å². The summed E-state index contributed by atoms with van der Waals surface area (Å²) in [6.45, 7) is 3.64. The molecule has 1 aromatic heterocycles. The van der Waals surface area contributed by atoms with Crippen molar-refractivity contribution < 1.29 is 9.90 Å². The Labute approximate surface area is 150 Å². The van der Waals surface area contributed by atoms with Gasteiger partial charge in [-0.2, -0.15) is 0 Å². The van der Waals surface area contributed by atoms with E-state index in [1.807, 2.05) is 31.2 Å². The van der Waals surface area contributed by atoms with Gasteiger partial charge in [-0.05, 0) is 43.1 Å². The third-order valence-corrected chi connectivity index (χ3v) is 4.30. The summed E-state index contributed by atoms with van der Waals surface area (Å²) < 4.78 is 0. The number of benzene rings is 1. The molecule has 1 aliphatic heterocycles. The van der Waals surface area contributed by atoms with E-state index < -0.39 is 11.9 Å². The molecule has 2 aromatic rings. The zero-order chi connectivity index (χ0) is 18.7. The summed E-state index contributed by atoms with van der Waals surface area (Å²) in [6.07, 6.45) is 1.68. The molecule has 0 radical (unpaired) electrons. The van der Waals surface area contributed by atoms with Crippen molar-refractivity contribution in [3.05, 3.63) is 87.3 Å². The molecule has 1 atom stereocenters. The smallest absolute Gasteiger partial charge is 0.334 e. The van der Waals surface area contributed by atoms with Crippen LogP contribution in [-0.2, 0) is 4.79 Å². The monoisotopic (exact) mass is 347 g/mol. The molecule has 0 saturated carbocycles. The number of carboxylic acid groups (broad SMARTS) is 1. The number of aliphatic carboxylic acids is 1. The fourth-order valence-electron chi connectivity index (χ4n) is 3.29. The van der Waals surface area contributed by atoms with Gasteiger partial charge in [0.1, 0.15) is 0 Å². The highest BCUT2D eigenvalue weighted by molar-refractivity contribution is 5.96. The number of carbonyl (C=O) groups is 1. The fraction of sp³-hybridized carbons (Fsp3) is 0.158. The Balaban J connectivity index is 2.26. The molecular weight excluding hydrogens is 330 g/mol. The van der Waals surface area contributed by atoms with Crippen molar-refractivity contribution in [3.63, 3.8) is 0 Å². The lowest BCUT2D eigenvalue weighted by Crippen LogP contribution is -2.27. The highest BCUT2D eigenvalue weighted by Crippen LogP contribution is 2.43. The number of nitrogens with one attached hydrogen (secondary N) is 1. The average molecular weight is 347 g/mol. The first-order valence-electron chi connectivity index (χ1n) is 8.01. The second-order valence-corrected chi connectivity index (χ2v) is 5.94. The van der Waals surface area contributed by atoms with Crippen molar-refractivity contribution in [2.24, 2.45) is 5.11 Å².